The third-order valence-electron chi connectivity index (χ3n) is 5.27. The van der Waals surface area contributed by atoms with Gasteiger partial charge in [0.15, 0.2) is 15.0 Å². The zero-order valence-electron chi connectivity index (χ0n) is 16.5. The fraction of sp³-hybridized carbons (Fsp3) is 0.333. The maximum absolute atomic E-state index is 13.0. The Morgan fingerprint density at radius 1 is 1.10 bits per heavy atom. The van der Waals surface area contributed by atoms with E-state index >= 15 is 0 Å². The van der Waals surface area contributed by atoms with Crippen LogP contribution in [0.5, 0.6) is 0 Å². The first kappa shape index (κ1) is 20.7. The number of nitrogens with zero attached hydrogens (tertiary/aromatic N) is 3. The zero-order chi connectivity index (χ0) is 21.3. The van der Waals surface area contributed by atoms with Crippen molar-refractivity contribution in [1.29, 1.82) is 0 Å². The molecule has 9 heteroatoms. The van der Waals surface area contributed by atoms with Gasteiger partial charge in [-0.25, -0.2) is 17.8 Å². The number of rotatable bonds is 5. The molecule has 1 saturated heterocycles. The average Bonchev–Trinajstić information content (AvgIpc) is 3.18. The van der Waals surface area contributed by atoms with Crippen LogP contribution in [0.3, 0.4) is 0 Å². The number of para-hydroxylation sites is 1. The number of fused-ring (bicyclic) bond motifs is 1. The first-order chi connectivity index (χ1) is 14.3. The number of hydrogen-bond acceptors (Lipinski definition) is 6. The minimum Gasteiger partial charge on any atom is -0.345 e. The van der Waals surface area contributed by atoms with E-state index in [1.54, 1.807) is 16.2 Å². The number of anilines is 1. The van der Waals surface area contributed by atoms with Crippen LogP contribution in [0.1, 0.15) is 12.0 Å². The smallest absolute Gasteiger partial charge is 0.223 e. The minimum atomic E-state index is -3.62. The zero-order valence-corrected chi connectivity index (χ0v) is 18.2. The molecule has 0 saturated carbocycles. The Kier molecular flexibility index (Phi) is 5.75. The molecule has 1 aliphatic heterocycles. The summed E-state index contributed by atoms with van der Waals surface area (Å²) in [6, 6.07) is 10.8. The second kappa shape index (κ2) is 8.31. The molecule has 0 radical (unpaired) electrons. The number of benzene rings is 2. The molecular weight excluding hydrogens is 425 g/mol. The van der Waals surface area contributed by atoms with Crippen LogP contribution in [0.15, 0.2) is 47.4 Å². The first-order valence-corrected chi connectivity index (χ1v) is 12.2. The van der Waals surface area contributed by atoms with E-state index < -0.39 is 15.7 Å². The summed E-state index contributed by atoms with van der Waals surface area (Å²) in [5.74, 6) is -0.957. The average molecular weight is 448 g/mol. The van der Waals surface area contributed by atoms with Gasteiger partial charge in [-0.2, -0.15) is 0 Å². The van der Waals surface area contributed by atoms with Gasteiger partial charge in [-0.3, -0.25) is 4.79 Å². The summed E-state index contributed by atoms with van der Waals surface area (Å²) in [4.78, 5) is 21.2. The van der Waals surface area contributed by atoms with Crippen LogP contribution in [-0.2, 0) is 14.6 Å². The Labute approximate surface area is 178 Å². The number of hydrogen-bond donors (Lipinski definition) is 0. The van der Waals surface area contributed by atoms with Crippen molar-refractivity contribution in [3.63, 3.8) is 0 Å². The fourth-order valence-corrected chi connectivity index (χ4v) is 5.82. The van der Waals surface area contributed by atoms with Gasteiger partial charge in [0.2, 0.25) is 5.91 Å². The van der Waals surface area contributed by atoms with E-state index in [2.05, 4.69) is 11.0 Å². The quantitative estimate of drug-likeness (QED) is 0.562. The largest absolute Gasteiger partial charge is 0.345 e. The van der Waals surface area contributed by atoms with Crippen molar-refractivity contribution in [1.82, 2.24) is 9.88 Å². The molecule has 0 unspecified atom stereocenters. The van der Waals surface area contributed by atoms with Crippen LogP contribution in [-0.4, -0.2) is 56.1 Å². The first-order valence-electron chi connectivity index (χ1n) is 9.71. The van der Waals surface area contributed by atoms with Gasteiger partial charge in [-0.1, -0.05) is 23.5 Å². The van der Waals surface area contributed by atoms with Crippen LogP contribution in [0.25, 0.3) is 10.2 Å². The van der Waals surface area contributed by atoms with Gasteiger partial charge < -0.3 is 9.80 Å². The molecule has 1 aromatic heterocycles. The van der Waals surface area contributed by atoms with Gasteiger partial charge in [-0.15, -0.1) is 0 Å². The molecule has 0 spiro atoms. The molecule has 4 rings (SSSR count). The molecule has 158 valence electrons. The van der Waals surface area contributed by atoms with E-state index in [0.29, 0.717) is 26.2 Å². The molecule has 0 aliphatic carbocycles. The lowest BCUT2D eigenvalue weighted by molar-refractivity contribution is -0.131. The third kappa shape index (κ3) is 4.32. The second-order valence-corrected chi connectivity index (χ2v) is 10.4. The maximum atomic E-state index is 13.0. The highest BCUT2D eigenvalue weighted by atomic mass is 32.2. The number of halogens is 1. The second-order valence-electron chi connectivity index (χ2n) is 7.31. The molecular formula is C21H22FN3O3S2. The number of carbonyl (C=O) groups is 1. The van der Waals surface area contributed by atoms with E-state index in [9.17, 15) is 17.6 Å². The summed E-state index contributed by atoms with van der Waals surface area (Å²) in [5.41, 5.74) is 2.16. The SMILES string of the molecule is Cc1cccc2sc(N3CCN(C(=O)CCS(=O)(=O)c4ccc(F)cc4)CC3)nc12. The minimum absolute atomic E-state index is 0.0349. The summed E-state index contributed by atoms with van der Waals surface area (Å²) >= 11 is 1.65. The Bertz CT molecular complexity index is 1170. The van der Waals surface area contributed by atoms with Gasteiger partial charge in [0.1, 0.15) is 5.82 Å². The lowest BCUT2D eigenvalue weighted by Crippen LogP contribution is -2.49. The van der Waals surface area contributed by atoms with Crippen LogP contribution < -0.4 is 4.90 Å². The maximum Gasteiger partial charge on any atom is 0.223 e. The van der Waals surface area contributed by atoms with Crippen molar-refractivity contribution in [2.24, 2.45) is 0 Å². The lowest BCUT2D eigenvalue weighted by Gasteiger charge is -2.34. The standard InChI is InChI=1S/C21H22FN3O3S2/c1-15-3-2-4-18-20(15)23-21(29-18)25-12-10-24(11-13-25)19(26)9-14-30(27,28)17-7-5-16(22)6-8-17/h2-8H,9-14H2,1H3. The molecule has 0 N–H and O–H groups in total. The lowest BCUT2D eigenvalue weighted by atomic mass is 10.2. The number of aryl methyl sites for hydroxylation is 1. The Hall–Kier alpha value is -2.52. The number of sulfone groups is 1. The number of aromatic nitrogens is 1. The van der Waals surface area contributed by atoms with E-state index in [0.717, 1.165) is 33.0 Å². The monoisotopic (exact) mass is 447 g/mol. The summed E-state index contributed by atoms with van der Waals surface area (Å²) in [6.07, 6.45) is -0.0833. The molecule has 3 aromatic rings. The number of thiazole rings is 1. The van der Waals surface area contributed by atoms with E-state index in [1.165, 1.54) is 12.1 Å². The topological polar surface area (TPSA) is 70.6 Å². The number of amides is 1. The van der Waals surface area contributed by atoms with Gasteiger partial charge in [0.05, 0.1) is 20.9 Å². The molecule has 1 fully saturated rings. The van der Waals surface area contributed by atoms with Crippen LogP contribution in [0.4, 0.5) is 9.52 Å². The normalized spacial score (nSPS) is 15.0. The molecule has 30 heavy (non-hydrogen) atoms. The van der Waals surface area contributed by atoms with Crippen molar-refractivity contribution < 1.29 is 17.6 Å². The van der Waals surface area contributed by atoms with Gasteiger partial charge in [0.25, 0.3) is 0 Å². The van der Waals surface area contributed by atoms with E-state index in [-0.39, 0.29) is 23.0 Å². The Morgan fingerprint density at radius 2 is 1.80 bits per heavy atom. The highest BCUT2D eigenvalue weighted by Gasteiger charge is 2.25. The molecule has 6 nitrogen and oxygen atoms in total. The van der Waals surface area contributed by atoms with Gasteiger partial charge in [-0.05, 0) is 42.8 Å². The fourth-order valence-electron chi connectivity index (χ4n) is 3.50. The predicted molar refractivity (Wildman–Crippen MR) is 116 cm³/mol. The molecule has 0 bridgehead atoms. The highest BCUT2D eigenvalue weighted by molar-refractivity contribution is 7.91. The Balaban J connectivity index is 1.33. The molecule has 1 amide bonds. The predicted octanol–water partition coefficient (Wildman–Crippen LogP) is 3.26. The molecule has 0 atom stereocenters. The summed E-state index contributed by atoms with van der Waals surface area (Å²) in [6.45, 7) is 4.43. The summed E-state index contributed by atoms with van der Waals surface area (Å²) in [7, 11) is -3.62. The number of carbonyl (C=O) groups excluding carboxylic acids is 1. The van der Waals surface area contributed by atoms with E-state index in [1.807, 2.05) is 19.1 Å². The van der Waals surface area contributed by atoms with E-state index in [4.69, 9.17) is 4.98 Å². The third-order valence-corrected chi connectivity index (χ3v) is 8.08. The van der Waals surface area contributed by atoms with Crippen LogP contribution in [0, 0.1) is 12.7 Å². The molecule has 2 heterocycles. The van der Waals surface area contributed by atoms with Crippen LogP contribution in [0.2, 0.25) is 0 Å². The van der Waals surface area contributed by atoms with Crippen molar-refractivity contribution in [2.75, 3.05) is 36.8 Å². The number of piperazine rings is 1. The summed E-state index contributed by atoms with van der Waals surface area (Å²) < 4.78 is 38.9. The van der Waals surface area contributed by atoms with Gasteiger partial charge >= 0.3 is 0 Å². The van der Waals surface area contributed by atoms with Crippen molar-refractivity contribution in [2.45, 2.75) is 18.2 Å². The Morgan fingerprint density at radius 3 is 2.47 bits per heavy atom. The van der Waals surface area contributed by atoms with Crippen molar-refractivity contribution >= 4 is 42.4 Å². The summed E-state index contributed by atoms with van der Waals surface area (Å²) in [5, 5.41) is 0.949. The highest BCUT2D eigenvalue weighted by Crippen LogP contribution is 2.31. The van der Waals surface area contributed by atoms with Crippen LogP contribution >= 0.6 is 11.3 Å². The molecule has 1 aliphatic rings. The molecule has 2 aromatic carbocycles. The van der Waals surface area contributed by atoms with Crippen molar-refractivity contribution in [3.8, 4) is 0 Å². The van der Waals surface area contributed by atoms with Crippen molar-refractivity contribution in [3.05, 3.63) is 53.8 Å². The van der Waals surface area contributed by atoms with Gasteiger partial charge in [0, 0.05) is 32.6 Å².